The third kappa shape index (κ3) is 5.01. The Balaban J connectivity index is 1.64. The first-order chi connectivity index (χ1) is 14.2. The smallest absolute Gasteiger partial charge is 0.354 e. The van der Waals surface area contributed by atoms with E-state index in [0.717, 1.165) is 12.1 Å². The molecule has 1 amide bonds. The zero-order chi connectivity index (χ0) is 21.9. The fourth-order valence-corrected chi connectivity index (χ4v) is 3.43. The van der Waals surface area contributed by atoms with Crippen LogP contribution in [-0.2, 0) is 11.0 Å². The monoisotopic (exact) mass is 437 g/mol. The second kappa shape index (κ2) is 8.90. The maximum atomic E-state index is 13.2. The number of amides is 1. The number of alkyl halides is 3. The molecule has 0 spiro atoms. The van der Waals surface area contributed by atoms with Crippen LogP contribution in [0.15, 0.2) is 36.5 Å². The van der Waals surface area contributed by atoms with Crippen LogP contribution < -0.4 is 10.2 Å². The van der Waals surface area contributed by atoms with Gasteiger partial charge in [0.25, 0.3) is 0 Å². The number of anilines is 2. The van der Waals surface area contributed by atoms with Crippen LogP contribution in [0.4, 0.5) is 24.7 Å². The number of carbonyl (C=O) groups is 1. The highest BCUT2D eigenvalue weighted by Crippen LogP contribution is 2.36. The SMILES string of the molecule is CC(C(=O)Nc1ccc(Cl)cc1C(F)(F)F)N1CCN(c2cc(C#N)ccn2)CC1. The summed E-state index contributed by atoms with van der Waals surface area (Å²) >= 11 is 5.68. The van der Waals surface area contributed by atoms with Crippen molar-refractivity contribution in [3.05, 3.63) is 52.7 Å². The zero-order valence-electron chi connectivity index (χ0n) is 16.1. The molecule has 0 aliphatic carbocycles. The van der Waals surface area contributed by atoms with Gasteiger partial charge in [0, 0.05) is 37.4 Å². The van der Waals surface area contributed by atoms with Gasteiger partial charge in [0.2, 0.25) is 5.91 Å². The van der Waals surface area contributed by atoms with Gasteiger partial charge in [-0.2, -0.15) is 18.4 Å². The van der Waals surface area contributed by atoms with E-state index >= 15 is 0 Å². The number of hydrogen-bond donors (Lipinski definition) is 1. The quantitative estimate of drug-likeness (QED) is 0.788. The molecule has 0 saturated carbocycles. The van der Waals surface area contributed by atoms with Gasteiger partial charge in [0.15, 0.2) is 0 Å². The summed E-state index contributed by atoms with van der Waals surface area (Å²) < 4.78 is 39.7. The third-order valence-corrected chi connectivity index (χ3v) is 5.22. The molecule has 0 radical (unpaired) electrons. The first-order valence-corrected chi connectivity index (χ1v) is 9.59. The lowest BCUT2D eigenvalue weighted by Crippen LogP contribution is -2.53. The van der Waals surface area contributed by atoms with E-state index in [4.69, 9.17) is 16.9 Å². The minimum atomic E-state index is -4.63. The van der Waals surface area contributed by atoms with E-state index in [1.807, 2.05) is 9.80 Å². The molecule has 1 unspecified atom stereocenters. The number of hydrogen-bond acceptors (Lipinski definition) is 5. The van der Waals surface area contributed by atoms with Gasteiger partial charge >= 0.3 is 6.18 Å². The molecule has 0 bridgehead atoms. The Labute approximate surface area is 176 Å². The molecular formula is C20H19ClF3N5O. The van der Waals surface area contributed by atoms with E-state index in [1.54, 1.807) is 25.3 Å². The number of carbonyl (C=O) groups excluding carboxylic acids is 1. The molecule has 1 aliphatic rings. The van der Waals surface area contributed by atoms with Crippen molar-refractivity contribution in [2.24, 2.45) is 0 Å². The van der Waals surface area contributed by atoms with Crippen LogP contribution >= 0.6 is 11.6 Å². The number of nitriles is 1. The first-order valence-electron chi connectivity index (χ1n) is 9.22. The van der Waals surface area contributed by atoms with Crippen molar-refractivity contribution in [2.45, 2.75) is 19.1 Å². The van der Waals surface area contributed by atoms with Gasteiger partial charge in [-0.3, -0.25) is 9.69 Å². The molecule has 6 nitrogen and oxygen atoms in total. The van der Waals surface area contributed by atoms with Gasteiger partial charge in [-0.1, -0.05) is 11.6 Å². The average Bonchev–Trinajstić information content (AvgIpc) is 2.74. The number of nitrogens with one attached hydrogen (secondary N) is 1. The molecule has 30 heavy (non-hydrogen) atoms. The maximum absolute atomic E-state index is 13.2. The highest BCUT2D eigenvalue weighted by atomic mass is 35.5. The van der Waals surface area contributed by atoms with Crippen molar-refractivity contribution in [3.63, 3.8) is 0 Å². The largest absolute Gasteiger partial charge is 0.418 e. The van der Waals surface area contributed by atoms with Crippen molar-refractivity contribution in [3.8, 4) is 6.07 Å². The summed E-state index contributed by atoms with van der Waals surface area (Å²) in [5, 5.41) is 11.3. The first kappa shape index (κ1) is 21.9. The van der Waals surface area contributed by atoms with Crippen molar-refractivity contribution >= 4 is 29.0 Å². The molecule has 1 atom stereocenters. The molecule has 1 fully saturated rings. The van der Waals surface area contributed by atoms with E-state index in [2.05, 4.69) is 16.4 Å². The molecule has 2 heterocycles. The van der Waals surface area contributed by atoms with E-state index < -0.39 is 23.7 Å². The summed E-state index contributed by atoms with van der Waals surface area (Å²) in [6.07, 6.45) is -3.06. The Hall–Kier alpha value is -2.83. The summed E-state index contributed by atoms with van der Waals surface area (Å²) in [7, 11) is 0. The van der Waals surface area contributed by atoms with Crippen molar-refractivity contribution in [1.82, 2.24) is 9.88 Å². The van der Waals surface area contributed by atoms with Crippen LogP contribution in [-0.4, -0.2) is 48.0 Å². The fraction of sp³-hybridized carbons (Fsp3) is 0.350. The Morgan fingerprint density at radius 1 is 1.23 bits per heavy atom. The highest BCUT2D eigenvalue weighted by Gasteiger charge is 2.35. The van der Waals surface area contributed by atoms with Gasteiger partial charge < -0.3 is 10.2 Å². The fourth-order valence-electron chi connectivity index (χ4n) is 3.26. The molecule has 10 heteroatoms. The number of pyridine rings is 1. The molecule has 1 aromatic heterocycles. The van der Waals surface area contributed by atoms with Crippen LogP contribution in [0.5, 0.6) is 0 Å². The number of rotatable bonds is 4. The van der Waals surface area contributed by atoms with Crippen molar-refractivity contribution in [2.75, 3.05) is 36.4 Å². The standard InChI is InChI=1S/C20H19ClF3N5O/c1-13(19(30)27-17-3-2-15(21)11-16(17)20(22,23)24)28-6-8-29(9-7-28)18-10-14(12-25)4-5-26-18/h2-5,10-11,13H,6-9H2,1H3,(H,27,30). The highest BCUT2D eigenvalue weighted by molar-refractivity contribution is 6.30. The van der Waals surface area contributed by atoms with Gasteiger partial charge in [-0.05, 0) is 37.3 Å². The predicted octanol–water partition coefficient (Wildman–Crippen LogP) is 3.77. The minimum absolute atomic E-state index is 0.0569. The van der Waals surface area contributed by atoms with E-state index in [1.165, 1.54) is 6.07 Å². The summed E-state index contributed by atoms with van der Waals surface area (Å²) in [6, 6.07) is 8.02. The molecular weight excluding hydrogens is 419 g/mol. The number of piperazine rings is 1. The second-order valence-electron chi connectivity index (χ2n) is 6.89. The molecule has 158 valence electrons. The lowest BCUT2D eigenvalue weighted by molar-refractivity contribution is -0.137. The number of aromatic nitrogens is 1. The predicted molar refractivity (Wildman–Crippen MR) is 107 cm³/mol. The van der Waals surface area contributed by atoms with E-state index in [0.29, 0.717) is 37.6 Å². The minimum Gasteiger partial charge on any atom is -0.354 e. The van der Waals surface area contributed by atoms with Crippen LogP contribution in [0.25, 0.3) is 0 Å². The molecule has 1 aromatic carbocycles. The van der Waals surface area contributed by atoms with Crippen molar-refractivity contribution < 1.29 is 18.0 Å². The van der Waals surface area contributed by atoms with Crippen LogP contribution in [0.2, 0.25) is 5.02 Å². The van der Waals surface area contributed by atoms with Crippen molar-refractivity contribution in [1.29, 1.82) is 5.26 Å². The number of benzene rings is 1. The van der Waals surface area contributed by atoms with Crippen LogP contribution in [0.1, 0.15) is 18.1 Å². The summed E-state index contributed by atoms with van der Waals surface area (Å²) in [6.45, 7) is 3.87. The molecule has 1 saturated heterocycles. The zero-order valence-corrected chi connectivity index (χ0v) is 16.8. The lowest BCUT2D eigenvalue weighted by Gasteiger charge is -2.38. The normalized spacial score (nSPS) is 16.1. The molecule has 1 aliphatic heterocycles. The third-order valence-electron chi connectivity index (χ3n) is 4.98. The Kier molecular flexibility index (Phi) is 6.48. The Morgan fingerprint density at radius 3 is 2.57 bits per heavy atom. The molecule has 3 rings (SSSR count). The van der Waals surface area contributed by atoms with Gasteiger partial charge in [-0.15, -0.1) is 0 Å². The topological polar surface area (TPSA) is 72.3 Å². The Morgan fingerprint density at radius 2 is 1.93 bits per heavy atom. The lowest BCUT2D eigenvalue weighted by atomic mass is 10.1. The summed E-state index contributed by atoms with van der Waals surface area (Å²) in [5.74, 6) is 0.155. The average molecular weight is 438 g/mol. The van der Waals surface area contributed by atoms with E-state index in [-0.39, 0.29) is 10.7 Å². The molecule has 1 N–H and O–H groups in total. The number of nitrogens with zero attached hydrogens (tertiary/aromatic N) is 4. The molecule has 2 aromatic rings. The van der Waals surface area contributed by atoms with E-state index in [9.17, 15) is 18.0 Å². The van der Waals surface area contributed by atoms with Crippen LogP contribution in [0, 0.1) is 11.3 Å². The number of halogens is 4. The van der Waals surface area contributed by atoms with Gasteiger partial charge in [-0.25, -0.2) is 4.98 Å². The summed E-state index contributed by atoms with van der Waals surface area (Å²) in [5.41, 5.74) is -0.790. The van der Waals surface area contributed by atoms with Gasteiger partial charge in [0.05, 0.1) is 28.9 Å². The van der Waals surface area contributed by atoms with Crippen LogP contribution in [0.3, 0.4) is 0 Å². The Bertz CT molecular complexity index is 968. The maximum Gasteiger partial charge on any atom is 0.418 e. The van der Waals surface area contributed by atoms with Gasteiger partial charge in [0.1, 0.15) is 5.82 Å². The second-order valence-corrected chi connectivity index (χ2v) is 7.33. The summed E-state index contributed by atoms with van der Waals surface area (Å²) in [4.78, 5) is 20.8.